The molecule has 0 radical (unpaired) electrons. The summed E-state index contributed by atoms with van der Waals surface area (Å²) in [5.41, 5.74) is 0. The molecular weight excluding hydrogens is 314 g/mol. The number of carboxylic acid groups (broad SMARTS) is 1. The van der Waals surface area contributed by atoms with E-state index in [0.717, 1.165) is 69.2 Å². The lowest BCUT2D eigenvalue weighted by Crippen LogP contribution is -2.54. The van der Waals surface area contributed by atoms with Crippen LogP contribution in [0.5, 0.6) is 0 Å². The minimum absolute atomic E-state index is 0.361. The van der Waals surface area contributed by atoms with Crippen molar-refractivity contribution in [2.24, 2.45) is 5.92 Å². The van der Waals surface area contributed by atoms with Crippen LogP contribution in [0.25, 0.3) is 0 Å². The van der Waals surface area contributed by atoms with E-state index in [0.29, 0.717) is 12.8 Å². The number of hydrogen-bond donors (Lipinski definition) is 1. The van der Waals surface area contributed by atoms with Gasteiger partial charge in [-0.1, -0.05) is 59.1 Å². The summed E-state index contributed by atoms with van der Waals surface area (Å²) in [6.07, 6.45) is 11.8. The summed E-state index contributed by atoms with van der Waals surface area (Å²) >= 11 is 0. The second kappa shape index (κ2) is 14.3. The van der Waals surface area contributed by atoms with Crippen molar-refractivity contribution < 1.29 is 19.5 Å². The summed E-state index contributed by atoms with van der Waals surface area (Å²) in [6.45, 7) is 11.8. The number of carbonyl (C=O) groups is 1. The molecule has 25 heavy (non-hydrogen) atoms. The molecule has 4 nitrogen and oxygen atoms in total. The van der Waals surface area contributed by atoms with Crippen molar-refractivity contribution >= 4 is 5.97 Å². The first kappa shape index (κ1) is 24.1. The van der Waals surface area contributed by atoms with Crippen LogP contribution in [0.4, 0.5) is 0 Å². The molecule has 0 saturated carbocycles. The maximum absolute atomic E-state index is 11.1. The van der Waals surface area contributed by atoms with Crippen LogP contribution in [0.1, 0.15) is 79.1 Å². The third-order valence-electron chi connectivity index (χ3n) is 5.04. The van der Waals surface area contributed by atoms with E-state index in [1.807, 2.05) is 0 Å². The van der Waals surface area contributed by atoms with E-state index in [1.54, 1.807) is 6.92 Å². The number of carboxylic acids is 1. The van der Waals surface area contributed by atoms with Crippen LogP contribution in [-0.2, 0) is 4.79 Å². The highest BCUT2D eigenvalue weighted by atomic mass is 16.4. The average molecular weight is 356 g/mol. The first-order valence-corrected chi connectivity index (χ1v) is 10.3. The number of carbonyl (C=O) groups excluding carboxylic acids is 1. The summed E-state index contributed by atoms with van der Waals surface area (Å²) in [5.74, 6) is -1.39. The Labute approximate surface area is 155 Å². The largest absolute Gasteiger partial charge is 0.550 e. The zero-order valence-corrected chi connectivity index (χ0v) is 17.0. The molecule has 0 aromatic heterocycles. The maximum atomic E-state index is 11.1. The number of quaternary nitrogens is 1. The molecule has 0 fully saturated rings. The van der Waals surface area contributed by atoms with Gasteiger partial charge in [0.2, 0.25) is 0 Å². The van der Waals surface area contributed by atoms with Crippen molar-refractivity contribution in [3.05, 3.63) is 12.2 Å². The molecule has 0 aliphatic heterocycles. The summed E-state index contributed by atoms with van der Waals surface area (Å²) in [4.78, 5) is 11.1. The van der Waals surface area contributed by atoms with Gasteiger partial charge < -0.3 is 19.5 Å². The number of hydrogen-bond acceptors (Lipinski definition) is 3. The normalized spacial score (nSPS) is 14.8. The van der Waals surface area contributed by atoms with Gasteiger partial charge in [-0.05, 0) is 25.7 Å². The standard InChI is InChI=1S/C21H41NO3/c1-5-8-11-12-13-20(23)18-22(15-9-6-2,16-10-7-3)17-14-19(4)21(24)25/h11-12,19-20,23H,5-10,13-18H2,1-4H3/b12-11+. The minimum Gasteiger partial charge on any atom is -0.550 e. The number of nitrogens with zero attached hydrogens (tertiary/aromatic N) is 1. The Kier molecular flexibility index (Phi) is 13.8. The summed E-state index contributed by atoms with van der Waals surface area (Å²) < 4.78 is 0.835. The molecule has 1 N–H and O–H groups in total. The molecule has 4 heteroatoms. The van der Waals surface area contributed by atoms with Crippen LogP contribution < -0.4 is 5.11 Å². The van der Waals surface area contributed by atoms with Crippen molar-refractivity contribution in [3.63, 3.8) is 0 Å². The molecule has 0 rings (SSSR count). The molecule has 148 valence electrons. The van der Waals surface area contributed by atoms with Crippen LogP contribution in [0.2, 0.25) is 0 Å². The molecule has 0 aliphatic rings. The molecule has 0 amide bonds. The Morgan fingerprint density at radius 1 is 1.04 bits per heavy atom. The summed E-state index contributed by atoms with van der Waals surface area (Å²) in [7, 11) is 0. The Bertz CT molecular complexity index is 360. The topological polar surface area (TPSA) is 60.4 Å². The molecule has 0 bridgehead atoms. The zero-order chi connectivity index (χ0) is 19.1. The predicted octanol–water partition coefficient (Wildman–Crippen LogP) is 3.29. The van der Waals surface area contributed by atoms with E-state index >= 15 is 0 Å². The molecule has 0 saturated heterocycles. The number of allylic oxidation sites excluding steroid dienone is 1. The highest BCUT2D eigenvalue weighted by Crippen LogP contribution is 2.18. The molecule has 0 aliphatic carbocycles. The van der Waals surface area contributed by atoms with Crippen molar-refractivity contribution in [2.75, 3.05) is 26.2 Å². The maximum Gasteiger partial charge on any atom is 0.106 e. The van der Waals surface area contributed by atoms with Crippen LogP contribution in [0, 0.1) is 5.92 Å². The highest BCUT2D eigenvalue weighted by Gasteiger charge is 2.29. The monoisotopic (exact) mass is 355 g/mol. The molecule has 0 aromatic rings. The van der Waals surface area contributed by atoms with Gasteiger partial charge in [0.15, 0.2) is 0 Å². The molecular formula is C21H41NO3. The molecule has 0 aromatic carbocycles. The fraction of sp³-hybridized carbons (Fsp3) is 0.857. The molecule has 0 spiro atoms. The van der Waals surface area contributed by atoms with Crippen LogP contribution in [0.3, 0.4) is 0 Å². The van der Waals surface area contributed by atoms with Gasteiger partial charge in [0.05, 0.1) is 19.6 Å². The Morgan fingerprint density at radius 3 is 2.12 bits per heavy atom. The summed E-state index contributed by atoms with van der Waals surface area (Å²) in [6, 6.07) is 0. The fourth-order valence-corrected chi connectivity index (χ4v) is 3.24. The predicted molar refractivity (Wildman–Crippen MR) is 103 cm³/mol. The lowest BCUT2D eigenvalue weighted by molar-refractivity contribution is -0.931. The smallest absolute Gasteiger partial charge is 0.106 e. The van der Waals surface area contributed by atoms with Gasteiger partial charge in [0, 0.05) is 18.3 Å². The Hall–Kier alpha value is -0.870. The van der Waals surface area contributed by atoms with Crippen LogP contribution in [-0.4, -0.2) is 47.8 Å². The van der Waals surface area contributed by atoms with Crippen molar-refractivity contribution in [1.29, 1.82) is 0 Å². The van der Waals surface area contributed by atoms with E-state index in [-0.39, 0.29) is 6.10 Å². The average Bonchev–Trinajstić information content (AvgIpc) is 2.59. The molecule has 0 heterocycles. The second-order valence-electron chi connectivity index (χ2n) is 7.56. The van der Waals surface area contributed by atoms with E-state index in [1.165, 1.54) is 0 Å². The van der Waals surface area contributed by atoms with Gasteiger partial charge in [0.1, 0.15) is 12.6 Å². The third-order valence-corrected chi connectivity index (χ3v) is 5.04. The van der Waals surface area contributed by atoms with Gasteiger partial charge in [-0.15, -0.1) is 0 Å². The zero-order valence-electron chi connectivity index (χ0n) is 17.0. The van der Waals surface area contributed by atoms with E-state index in [9.17, 15) is 15.0 Å². The number of aliphatic hydroxyl groups excluding tert-OH is 1. The summed E-state index contributed by atoms with van der Waals surface area (Å²) in [5, 5.41) is 21.7. The lowest BCUT2D eigenvalue weighted by atomic mass is 10.0. The Balaban J connectivity index is 4.98. The number of aliphatic hydroxyl groups is 1. The third kappa shape index (κ3) is 11.4. The molecule has 2 unspecified atom stereocenters. The van der Waals surface area contributed by atoms with Gasteiger partial charge >= 0.3 is 0 Å². The highest BCUT2D eigenvalue weighted by molar-refractivity contribution is 5.66. The van der Waals surface area contributed by atoms with Crippen molar-refractivity contribution in [3.8, 4) is 0 Å². The number of aliphatic carboxylic acids is 1. The van der Waals surface area contributed by atoms with Crippen LogP contribution >= 0.6 is 0 Å². The quantitative estimate of drug-likeness (QED) is 0.341. The van der Waals surface area contributed by atoms with Crippen LogP contribution in [0.15, 0.2) is 12.2 Å². The van der Waals surface area contributed by atoms with Gasteiger partial charge in [-0.3, -0.25) is 0 Å². The van der Waals surface area contributed by atoms with Crippen molar-refractivity contribution in [2.45, 2.75) is 85.2 Å². The minimum atomic E-state index is -0.966. The van der Waals surface area contributed by atoms with Gasteiger partial charge in [-0.2, -0.15) is 0 Å². The van der Waals surface area contributed by atoms with E-state index < -0.39 is 11.9 Å². The second-order valence-corrected chi connectivity index (χ2v) is 7.56. The van der Waals surface area contributed by atoms with E-state index in [4.69, 9.17) is 0 Å². The number of unbranched alkanes of at least 4 members (excludes halogenated alkanes) is 3. The Morgan fingerprint density at radius 2 is 1.64 bits per heavy atom. The lowest BCUT2D eigenvalue weighted by Gasteiger charge is -2.41. The van der Waals surface area contributed by atoms with Gasteiger partial charge in [-0.25, -0.2) is 0 Å². The first-order chi connectivity index (χ1) is 11.9. The molecule has 2 atom stereocenters. The fourth-order valence-electron chi connectivity index (χ4n) is 3.24. The van der Waals surface area contributed by atoms with E-state index in [2.05, 4.69) is 32.9 Å². The number of rotatable bonds is 16. The van der Waals surface area contributed by atoms with Crippen molar-refractivity contribution in [1.82, 2.24) is 0 Å². The SMILES string of the molecule is CCC/C=C/CC(O)C[N+](CCCC)(CCCC)CCC(C)C(=O)[O-]. The first-order valence-electron chi connectivity index (χ1n) is 10.3. The van der Waals surface area contributed by atoms with Gasteiger partial charge in [0.25, 0.3) is 0 Å².